The Morgan fingerprint density at radius 1 is 1.35 bits per heavy atom. The molecule has 0 unspecified atom stereocenters. The van der Waals surface area contributed by atoms with Gasteiger partial charge in [0.1, 0.15) is 11.0 Å². The summed E-state index contributed by atoms with van der Waals surface area (Å²) >= 11 is 9.69. The molecule has 1 amide bonds. The summed E-state index contributed by atoms with van der Waals surface area (Å²) in [4.78, 5) is 12.3. The van der Waals surface area contributed by atoms with E-state index >= 15 is 0 Å². The molecule has 0 aliphatic heterocycles. The van der Waals surface area contributed by atoms with Crippen molar-refractivity contribution in [3.8, 4) is 0 Å². The molecule has 6 nitrogen and oxygen atoms in total. The van der Waals surface area contributed by atoms with E-state index in [0.29, 0.717) is 17.5 Å². The highest BCUT2D eigenvalue weighted by atomic mass is 79.9. The second kappa shape index (κ2) is 7.88. The molecule has 0 aliphatic rings. The minimum atomic E-state index is -0.266. The van der Waals surface area contributed by atoms with Crippen LogP contribution < -0.4 is 5.32 Å². The number of nitrogens with zero attached hydrogens (tertiary/aromatic N) is 4. The lowest BCUT2D eigenvalue weighted by molar-refractivity contribution is -0.111. The van der Waals surface area contributed by atoms with Crippen molar-refractivity contribution < 1.29 is 4.79 Å². The van der Waals surface area contributed by atoms with Crippen LogP contribution in [0, 0.1) is 6.92 Å². The molecule has 1 N–H and O–H groups in total. The number of rotatable bonds is 5. The molecule has 0 saturated carbocycles. The van der Waals surface area contributed by atoms with Gasteiger partial charge in [0.2, 0.25) is 5.91 Å². The summed E-state index contributed by atoms with van der Waals surface area (Å²) in [6.45, 7) is 2.39. The molecule has 0 saturated heterocycles. The van der Waals surface area contributed by atoms with Crippen LogP contribution in [0.25, 0.3) is 6.08 Å². The Morgan fingerprint density at radius 3 is 2.81 bits per heavy atom. The summed E-state index contributed by atoms with van der Waals surface area (Å²) < 4.78 is 4.30. The first kappa shape index (κ1) is 18.4. The number of carbonyl (C=O) groups is 1. The molecule has 2 aromatic heterocycles. The molecular formula is C18H17BrClN5O. The molecule has 0 radical (unpaired) electrons. The SMILES string of the molecule is Cc1nn(C)c(Cl)c1/C=C/C(=O)Nc1ccnn1Cc1ccccc1Br. The van der Waals surface area contributed by atoms with Crippen LogP contribution in [0.15, 0.2) is 47.1 Å². The van der Waals surface area contributed by atoms with Crippen LogP contribution in [-0.2, 0) is 18.4 Å². The van der Waals surface area contributed by atoms with Crippen LogP contribution in [0.3, 0.4) is 0 Å². The van der Waals surface area contributed by atoms with Crippen molar-refractivity contribution in [3.05, 3.63) is 69.1 Å². The van der Waals surface area contributed by atoms with E-state index in [1.54, 1.807) is 34.8 Å². The first-order valence-corrected chi connectivity index (χ1v) is 9.06. The maximum Gasteiger partial charge on any atom is 0.249 e. The fraction of sp³-hybridized carbons (Fsp3) is 0.167. The third-order valence-corrected chi connectivity index (χ3v) is 5.07. The van der Waals surface area contributed by atoms with Crippen LogP contribution in [0.5, 0.6) is 0 Å². The highest BCUT2D eigenvalue weighted by molar-refractivity contribution is 9.10. The molecule has 1 aromatic carbocycles. The van der Waals surface area contributed by atoms with Crippen molar-refractivity contribution in [3.63, 3.8) is 0 Å². The fourth-order valence-electron chi connectivity index (χ4n) is 2.52. The number of anilines is 1. The first-order chi connectivity index (χ1) is 12.5. The van der Waals surface area contributed by atoms with Crippen molar-refractivity contribution >= 4 is 45.3 Å². The Morgan fingerprint density at radius 2 is 2.12 bits per heavy atom. The number of amides is 1. The molecule has 26 heavy (non-hydrogen) atoms. The normalized spacial score (nSPS) is 11.2. The zero-order valence-corrected chi connectivity index (χ0v) is 16.6. The van der Waals surface area contributed by atoms with Gasteiger partial charge in [-0.25, -0.2) is 4.68 Å². The highest BCUT2D eigenvalue weighted by Crippen LogP contribution is 2.21. The van der Waals surface area contributed by atoms with Gasteiger partial charge in [-0.1, -0.05) is 45.7 Å². The Labute approximate surface area is 164 Å². The Balaban J connectivity index is 1.72. The van der Waals surface area contributed by atoms with E-state index in [-0.39, 0.29) is 5.91 Å². The fourth-order valence-corrected chi connectivity index (χ4v) is 3.16. The summed E-state index contributed by atoms with van der Waals surface area (Å²) in [5, 5.41) is 11.8. The predicted octanol–water partition coefficient (Wildman–Crippen LogP) is 4.04. The molecule has 0 spiro atoms. The Kier molecular flexibility index (Phi) is 5.58. The van der Waals surface area contributed by atoms with E-state index in [9.17, 15) is 4.79 Å². The maximum absolute atomic E-state index is 12.3. The number of carbonyl (C=O) groups excluding carboxylic acids is 1. The highest BCUT2D eigenvalue weighted by Gasteiger charge is 2.10. The number of halogens is 2. The standard InChI is InChI=1S/C18H17BrClN5O/c1-12-14(18(20)24(2)23-12)7-8-17(26)22-16-9-10-21-25(16)11-13-5-3-4-6-15(13)19/h3-10H,11H2,1-2H3,(H,22,26)/b8-7+. The summed E-state index contributed by atoms with van der Waals surface area (Å²) in [6.07, 6.45) is 4.75. The van der Waals surface area contributed by atoms with E-state index < -0.39 is 0 Å². The minimum absolute atomic E-state index is 0.266. The van der Waals surface area contributed by atoms with Gasteiger partial charge in [0.25, 0.3) is 0 Å². The smallest absolute Gasteiger partial charge is 0.249 e. The van der Waals surface area contributed by atoms with E-state index in [0.717, 1.165) is 21.3 Å². The summed E-state index contributed by atoms with van der Waals surface area (Å²) in [6, 6.07) is 9.65. The summed E-state index contributed by atoms with van der Waals surface area (Å²) in [7, 11) is 1.76. The molecule has 134 valence electrons. The van der Waals surface area contributed by atoms with Crippen LogP contribution in [0.2, 0.25) is 5.15 Å². The van der Waals surface area contributed by atoms with Crippen LogP contribution in [0.4, 0.5) is 5.82 Å². The average molecular weight is 435 g/mol. The van der Waals surface area contributed by atoms with Gasteiger partial charge >= 0.3 is 0 Å². The van der Waals surface area contributed by atoms with E-state index in [1.165, 1.54) is 6.08 Å². The Bertz CT molecular complexity index is 976. The van der Waals surface area contributed by atoms with Crippen LogP contribution >= 0.6 is 27.5 Å². The van der Waals surface area contributed by atoms with Gasteiger partial charge in [0.15, 0.2) is 0 Å². The molecule has 3 aromatic rings. The van der Waals surface area contributed by atoms with Crippen molar-refractivity contribution in [1.82, 2.24) is 19.6 Å². The molecule has 0 aliphatic carbocycles. The third-order valence-electron chi connectivity index (χ3n) is 3.84. The largest absolute Gasteiger partial charge is 0.307 e. The number of aromatic nitrogens is 4. The number of benzene rings is 1. The number of hydrogen-bond donors (Lipinski definition) is 1. The number of aryl methyl sites for hydroxylation is 2. The van der Waals surface area contributed by atoms with Gasteiger partial charge in [0.05, 0.1) is 18.4 Å². The second-order valence-electron chi connectivity index (χ2n) is 5.70. The molecular weight excluding hydrogens is 418 g/mol. The topological polar surface area (TPSA) is 64.7 Å². The van der Waals surface area contributed by atoms with Crippen LogP contribution in [0.1, 0.15) is 16.8 Å². The van der Waals surface area contributed by atoms with Gasteiger partial charge in [-0.05, 0) is 24.6 Å². The van der Waals surface area contributed by atoms with E-state index in [4.69, 9.17) is 11.6 Å². The van der Waals surface area contributed by atoms with Crippen molar-refractivity contribution in [1.29, 1.82) is 0 Å². The first-order valence-electron chi connectivity index (χ1n) is 7.89. The summed E-state index contributed by atoms with van der Waals surface area (Å²) in [5.74, 6) is 0.350. The van der Waals surface area contributed by atoms with Crippen LogP contribution in [-0.4, -0.2) is 25.5 Å². The number of hydrogen-bond acceptors (Lipinski definition) is 3. The molecule has 0 fully saturated rings. The average Bonchev–Trinajstić information content (AvgIpc) is 3.13. The van der Waals surface area contributed by atoms with Crippen molar-refractivity contribution in [2.45, 2.75) is 13.5 Å². The monoisotopic (exact) mass is 433 g/mol. The number of nitrogens with one attached hydrogen (secondary N) is 1. The second-order valence-corrected chi connectivity index (χ2v) is 6.91. The van der Waals surface area contributed by atoms with Gasteiger partial charge in [-0.3, -0.25) is 9.48 Å². The van der Waals surface area contributed by atoms with Gasteiger partial charge < -0.3 is 5.32 Å². The van der Waals surface area contributed by atoms with Gasteiger partial charge in [0, 0.05) is 29.2 Å². The van der Waals surface area contributed by atoms with Gasteiger partial charge in [-0.2, -0.15) is 10.2 Å². The van der Waals surface area contributed by atoms with E-state index in [1.807, 2.05) is 31.2 Å². The molecule has 0 bridgehead atoms. The lowest BCUT2D eigenvalue weighted by Gasteiger charge is -2.09. The zero-order chi connectivity index (χ0) is 18.7. The molecule has 8 heteroatoms. The molecule has 0 atom stereocenters. The van der Waals surface area contributed by atoms with E-state index in [2.05, 4.69) is 31.4 Å². The Hall–Kier alpha value is -2.38. The third kappa shape index (κ3) is 4.05. The maximum atomic E-state index is 12.3. The van der Waals surface area contributed by atoms with Crippen molar-refractivity contribution in [2.75, 3.05) is 5.32 Å². The molecule has 3 rings (SSSR count). The lowest BCUT2D eigenvalue weighted by atomic mass is 10.2. The minimum Gasteiger partial charge on any atom is -0.307 e. The quantitative estimate of drug-likeness (QED) is 0.616. The lowest BCUT2D eigenvalue weighted by Crippen LogP contribution is -2.14. The van der Waals surface area contributed by atoms with Gasteiger partial charge in [-0.15, -0.1) is 0 Å². The van der Waals surface area contributed by atoms with Crippen molar-refractivity contribution in [2.24, 2.45) is 7.05 Å². The molecule has 2 heterocycles. The predicted molar refractivity (Wildman–Crippen MR) is 106 cm³/mol. The zero-order valence-electron chi connectivity index (χ0n) is 14.3. The summed E-state index contributed by atoms with van der Waals surface area (Å²) in [5.41, 5.74) is 2.56.